The summed E-state index contributed by atoms with van der Waals surface area (Å²) < 4.78 is 1.78. The molecule has 17 heavy (non-hydrogen) atoms. The summed E-state index contributed by atoms with van der Waals surface area (Å²) in [5, 5.41) is 12.5. The number of aromatic nitrogens is 1. The molecule has 0 radical (unpaired) electrons. The number of nitrogens with one attached hydrogen (secondary N) is 1. The molecule has 1 rings (SSSR count). The summed E-state index contributed by atoms with van der Waals surface area (Å²) in [5.74, 6) is -0.211. The van der Waals surface area contributed by atoms with Gasteiger partial charge < -0.3 is 20.7 Å². The fourth-order valence-corrected chi connectivity index (χ4v) is 1.47. The van der Waals surface area contributed by atoms with Gasteiger partial charge in [0.2, 0.25) is 0 Å². The van der Waals surface area contributed by atoms with E-state index in [0.717, 1.165) is 0 Å². The molecule has 5 heteroatoms. The van der Waals surface area contributed by atoms with Crippen molar-refractivity contribution in [2.24, 2.45) is 0 Å². The van der Waals surface area contributed by atoms with Gasteiger partial charge in [0.1, 0.15) is 5.69 Å². The van der Waals surface area contributed by atoms with Gasteiger partial charge in [0.25, 0.3) is 5.91 Å². The molecule has 0 aliphatic rings. The quantitative estimate of drug-likeness (QED) is 0.716. The van der Waals surface area contributed by atoms with Crippen LogP contribution >= 0.6 is 0 Å². The zero-order valence-corrected chi connectivity index (χ0v) is 10.7. The molecule has 1 aromatic rings. The van der Waals surface area contributed by atoms with Crippen molar-refractivity contribution in [2.45, 2.75) is 39.3 Å². The smallest absolute Gasteiger partial charge is 0.268 e. The van der Waals surface area contributed by atoms with Crippen LogP contribution in [0.25, 0.3) is 0 Å². The number of nitrogens with zero attached hydrogens (tertiary/aromatic N) is 1. The van der Waals surface area contributed by atoms with Crippen LogP contribution in [0.1, 0.15) is 37.7 Å². The number of carbonyl (C=O) groups excluding carboxylic acids is 1. The molecule has 0 aromatic carbocycles. The van der Waals surface area contributed by atoms with Gasteiger partial charge in [-0.15, -0.1) is 0 Å². The molecule has 0 saturated heterocycles. The Morgan fingerprint density at radius 3 is 2.76 bits per heavy atom. The number of aryl methyl sites for hydroxylation is 1. The summed E-state index contributed by atoms with van der Waals surface area (Å²) >= 11 is 0. The Kier molecular flexibility index (Phi) is 4.17. The van der Waals surface area contributed by atoms with Crippen molar-refractivity contribution >= 4 is 11.6 Å². The lowest BCUT2D eigenvalue weighted by Crippen LogP contribution is -2.40. The third-order valence-corrected chi connectivity index (χ3v) is 2.88. The summed E-state index contributed by atoms with van der Waals surface area (Å²) in [7, 11) is 0. The number of rotatable bonds is 5. The van der Waals surface area contributed by atoms with Gasteiger partial charge in [-0.05, 0) is 26.3 Å². The van der Waals surface area contributed by atoms with Crippen LogP contribution in [0, 0.1) is 0 Å². The molecule has 4 N–H and O–H groups in total. The molecule has 96 valence electrons. The number of nitrogen functional groups attached to an aromatic ring is 1. The second-order valence-electron chi connectivity index (χ2n) is 4.48. The Hall–Kier alpha value is -1.49. The van der Waals surface area contributed by atoms with E-state index in [2.05, 4.69) is 5.32 Å². The van der Waals surface area contributed by atoms with Crippen LogP contribution in [0.5, 0.6) is 0 Å². The van der Waals surface area contributed by atoms with Gasteiger partial charge in [0.15, 0.2) is 0 Å². The number of carbonyl (C=O) groups is 1. The SMILES string of the molecule is CCn1cc(N)cc1C(=O)NCC(C)(O)CC. The molecular formula is C12H21N3O2. The third-order valence-electron chi connectivity index (χ3n) is 2.88. The van der Waals surface area contributed by atoms with Crippen molar-refractivity contribution in [3.8, 4) is 0 Å². The van der Waals surface area contributed by atoms with Gasteiger partial charge in [0, 0.05) is 19.3 Å². The molecular weight excluding hydrogens is 218 g/mol. The van der Waals surface area contributed by atoms with E-state index in [1.54, 1.807) is 23.8 Å². The standard InChI is InChI=1S/C12H21N3O2/c1-4-12(3,17)8-14-11(16)10-6-9(13)7-15(10)5-2/h6-7,17H,4-5,8,13H2,1-3H3,(H,14,16). The lowest BCUT2D eigenvalue weighted by Gasteiger charge is -2.21. The zero-order chi connectivity index (χ0) is 13.1. The summed E-state index contributed by atoms with van der Waals surface area (Å²) in [6, 6.07) is 1.64. The molecule has 1 unspecified atom stereocenters. The Balaban J connectivity index is 2.70. The Morgan fingerprint density at radius 2 is 2.24 bits per heavy atom. The average Bonchev–Trinajstić information content (AvgIpc) is 2.67. The highest BCUT2D eigenvalue weighted by molar-refractivity contribution is 5.93. The van der Waals surface area contributed by atoms with Crippen LogP contribution in [-0.2, 0) is 6.54 Å². The monoisotopic (exact) mass is 239 g/mol. The van der Waals surface area contributed by atoms with Crippen molar-refractivity contribution in [1.82, 2.24) is 9.88 Å². The molecule has 5 nitrogen and oxygen atoms in total. The van der Waals surface area contributed by atoms with Crippen LogP contribution in [0.15, 0.2) is 12.3 Å². The Labute approximate surface area is 102 Å². The minimum Gasteiger partial charge on any atom is -0.397 e. The van der Waals surface area contributed by atoms with Gasteiger partial charge in [-0.25, -0.2) is 0 Å². The van der Waals surface area contributed by atoms with Gasteiger partial charge in [0.05, 0.1) is 11.3 Å². The van der Waals surface area contributed by atoms with Gasteiger partial charge in [-0.3, -0.25) is 4.79 Å². The maximum absolute atomic E-state index is 11.9. The van der Waals surface area contributed by atoms with E-state index in [-0.39, 0.29) is 12.5 Å². The molecule has 0 fully saturated rings. The van der Waals surface area contributed by atoms with E-state index < -0.39 is 5.60 Å². The summed E-state index contributed by atoms with van der Waals surface area (Å²) in [6.07, 6.45) is 2.32. The number of hydrogen-bond acceptors (Lipinski definition) is 3. The molecule has 0 aliphatic heterocycles. The van der Waals surface area contributed by atoms with Crippen molar-refractivity contribution in [3.63, 3.8) is 0 Å². The Bertz CT molecular complexity index is 396. The normalized spacial score (nSPS) is 14.4. The van der Waals surface area contributed by atoms with Crippen molar-refractivity contribution in [2.75, 3.05) is 12.3 Å². The lowest BCUT2D eigenvalue weighted by atomic mass is 10.0. The molecule has 0 aliphatic carbocycles. The van der Waals surface area contributed by atoms with Crippen LogP contribution in [0.3, 0.4) is 0 Å². The zero-order valence-electron chi connectivity index (χ0n) is 10.7. The average molecular weight is 239 g/mol. The highest BCUT2D eigenvalue weighted by Gasteiger charge is 2.20. The first-order valence-electron chi connectivity index (χ1n) is 5.86. The minimum absolute atomic E-state index is 0.211. The van der Waals surface area contributed by atoms with Gasteiger partial charge in [-0.2, -0.15) is 0 Å². The molecule has 1 heterocycles. The molecule has 0 bridgehead atoms. The van der Waals surface area contributed by atoms with Crippen LogP contribution in [0.4, 0.5) is 5.69 Å². The van der Waals surface area contributed by atoms with Gasteiger partial charge >= 0.3 is 0 Å². The van der Waals surface area contributed by atoms with E-state index in [4.69, 9.17) is 5.73 Å². The first-order chi connectivity index (χ1) is 7.89. The van der Waals surface area contributed by atoms with Crippen LogP contribution in [0.2, 0.25) is 0 Å². The van der Waals surface area contributed by atoms with E-state index >= 15 is 0 Å². The number of anilines is 1. The van der Waals surface area contributed by atoms with E-state index in [1.165, 1.54) is 0 Å². The maximum Gasteiger partial charge on any atom is 0.268 e. The topological polar surface area (TPSA) is 80.3 Å². The third kappa shape index (κ3) is 3.49. The molecule has 1 aromatic heterocycles. The highest BCUT2D eigenvalue weighted by atomic mass is 16.3. The van der Waals surface area contributed by atoms with Gasteiger partial charge in [-0.1, -0.05) is 6.92 Å². The number of nitrogens with two attached hydrogens (primary N) is 1. The van der Waals surface area contributed by atoms with E-state index in [1.807, 2.05) is 13.8 Å². The van der Waals surface area contributed by atoms with Crippen molar-refractivity contribution in [1.29, 1.82) is 0 Å². The lowest BCUT2D eigenvalue weighted by molar-refractivity contribution is 0.0516. The first-order valence-corrected chi connectivity index (χ1v) is 5.86. The van der Waals surface area contributed by atoms with Crippen molar-refractivity contribution in [3.05, 3.63) is 18.0 Å². The summed E-state index contributed by atoms with van der Waals surface area (Å²) in [6.45, 7) is 6.43. The fourth-order valence-electron chi connectivity index (χ4n) is 1.47. The molecule has 1 amide bonds. The molecule has 0 spiro atoms. The second-order valence-corrected chi connectivity index (χ2v) is 4.48. The molecule has 1 atom stereocenters. The largest absolute Gasteiger partial charge is 0.397 e. The van der Waals surface area contributed by atoms with Crippen LogP contribution < -0.4 is 11.1 Å². The predicted molar refractivity (Wildman–Crippen MR) is 67.8 cm³/mol. The van der Waals surface area contributed by atoms with E-state index in [9.17, 15) is 9.90 Å². The summed E-state index contributed by atoms with van der Waals surface area (Å²) in [4.78, 5) is 11.9. The van der Waals surface area contributed by atoms with Crippen molar-refractivity contribution < 1.29 is 9.90 Å². The highest BCUT2D eigenvalue weighted by Crippen LogP contribution is 2.11. The number of hydrogen-bond donors (Lipinski definition) is 3. The minimum atomic E-state index is -0.870. The summed E-state index contributed by atoms with van der Waals surface area (Å²) in [5.41, 5.74) is 5.87. The first kappa shape index (κ1) is 13.6. The second kappa shape index (κ2) is 5.23. The fraction of sp³-hybridized carbons (Fsp3) is 0.583. The molecule has 0 saturated carbocycles. The Morgan fingerprint density at radius 1 is 1.59 bits per heavy atom. The maximum atomic E-state index is 11.9. The van der Waals surface area contributed by atoms with E-state index in [0.29, 0.717) is 24.3 Å². The predicted octanol–water partition coefficient (Wildman–Crippen LogP) is 0.981. The number of amides is 1. The van der Waals surface area contributed by atoms with Crippen LogP contribution in [-0.4, -0.2) is 27.7 Å². The number of aliphatic hydroxyl groups is 1.